The maximum atomic E-state index is 2.59. The van der Waals surface area contributed by atoms with Crippen LogP contribution in [-0.4, -0.2) is 0 Å². The second kappa shape index (κ2) is 12.8. The van der Waals surface area contributed by atoms with Crippen LogP contribution in [-0.2, 0) is 10.8 Å². The largest absolute Gasteiger partial charge is 0.314 e. The average Bonchev–Trinajstić information content (AvgIpc) is 3.85. The summed E-state index contributed by atoms with van der Waals surface area (Å²) in [6.07, 6.45) is 4.55. The molecular formula is C55H45NS. The topological polar surface area (TPSA) is 3.24 Å². The van der Waals surface area contributed by atoms with Crippen LogP contribution < -0.4 is 4.90 Å². The van der Waals surface area contributed by atoms with E-state index in [1.807, 2.05) is 11.3 Å². The first kappa shape index (κ1) is 34.3. The molecule has 7 aromatic carbocycles. The van der Waals surface area contributed by atoms with E-state index >= 15 is 0 Å². The van der Waals surface area contributed by atoms with Gasteiger partial charge in [0.15, 0.2) is 0 Å². The molecular weight excluding hydrogens is 707 g/mol. The molecule has 1 unspecified atom stereocenters. The van der Waals surface area contributed by atoms with E-state index in [0.29, 0.717) is 5.92 Å². The molecule has 1 nitrogen and oxygen atoms in total. The van der Waals surface area contributed by atoms with Gasteiger partial charge in [-0.15, -0.1) is 11.3 Å². The van der Waals surface area contributed by atoms with Gasteiger partial charge in [-0.3, -0.25) is 0 Å². The van der Waals surface area contributed by atoms with Gasteiger partial charge < -0.3 is 4.90 Å². The maximum Gasteiger partial charge on any atom is 0.0483 e. The number of rotatable bonds is 6. The lowest BCUT2D eigenvalue weighted by Crippen LogP contribution is -2.34. The third-order valence-electron chi connectivity index (χ3n) is 13.4. The van der Waals surface area contributed by atoms with Crippen LogP contribution in [0.25, 0.3) is 48.0 Å². The summed E-state index contributed by atoms with van der Waals surface area (Å²) in [4.78, 5) is 2.57. The Morgan fingerprint density at radius 1 is 0.526 bits per heavy atom. The third kappa shape index (κ3) is 5.00. The van der Waals surface area contributed by atoms with E-state index < -0.39 is 0 Å². The van der Waals surface area contributed by atoms with Gasteiger partial charge in [-0.05, 0) is 129 Å². The Balaban J connectivity index is 1.08. The molecule has 11 rings (SSSR count). The minimum absolute atomic E-state index is 0.0915. The highest BCUT2D eigenvalue weighted by molar-refractivity contribution is 7.25. The standard InChI is InChI=1S/C55H45NS/c1-35(2)55(38-14-6-5-7-15-38)49-20-12-9-17-43(49)45-30-28-41(34-51(45)55)56(40-27-29-44-42-16-8-11-19-48(42)54(3,4)50(44)33-40)39-25-22-36(23-26-39)37-24-31-53-47(32-37)46-18-10-13-21-52(46)57-53/h5-27,29,31-35H,28,30H2,1-4H3. The molecule has 8 aromatic rings. The minimum Gasteiger partial charge on any atom is -0.314 e. The first-order valence-electron chi connectivity index (χ1n) is 20.5. The molecule has 57 heavy (non-hydrogen) atoms. The molecule has 276 valence electrons. The van der Waals surface area contributed by atoms with Crippen molar-refractivity contribution in [2.24, 2.45) is 5.92 Å². The Morgan fingerprint density at radius 3 is 1.98 bits per heavy atom. The number of anilines is 2. The third-order valence-corrected chi connectivity index (χ3v) is 14.6. The lowest BCUT2D eigenvalue weighted by atomic mass is 9.64. The number of benzene rings is 7. The van der Waals surface area contributed by atoms with Crippen molar-refractivity contribution in [1.29, 1.82) is 0 Å². The molecule has 1 heterocycles. The molecule has 1 aromatic heterocycles. The molecule has 0 spiro atoms. The quantitative estimate of drug-likeness (QED) is 0.164. The van der Waals surface area contributed by atoms with Crippen molar-refractivity contribution in [1.82, 2.24) is 0 Å². The molecule has 2 heteroatoms. The summed E-state index contributed by atoms with van der Waals surface area (Å²) >= 11 is 1.88. The number of fused-ring (bicyclic) bond motifs is 8. The van der Waals surface area contributed by atoms with E-state index in [9.17, 15) is 0 Å². The molecule has 0 saturated heterocycles. The number of hydrogen-bond acceptors (Lipinski definition) is 2. The van der Waals surface area contributed by atoms with Gasteiger partial charge >= 0.3 is 0 Å². The Bertz CT molecular complexity index is 2960. The van der Waals surface area contributed by atoms with E-state index in [1.165, 1.54) is 98.5 Å². The fourth-order valence-electron chi connectivity index (χ4n) is 10.7. The Hall–Kier alpha value is -5.96. The highest BCUT2D eigenvalue weighted by Crippen LogP contribution is 2.59. The molecule has 0 fully saturated rings. The van der Waals surface area contributed by atoms with Gasteiger partial charge in [0, 0.05) is 48.1 Å². The number of nitrogens with zero attached hydrogens (tertiary/aromatic N) is 1. The summed E-state index contributed by atoms with van der Waals surface area (Å²) < 4.78 is 2.68. The van der Waals surface area contributed by atoms with E-state index in [4.69, 9.17) is 0 Å². The zero-order valence-corrected chi connectivity index (χ0v) is 33.8. The first-order chi connectivity index (χ1) is 27.8. The number of hydrogen-bond donors (Lipinski definition) is 0. The summed E-state index contributed by atoms with van der Waals surface area (Å²) in [6.45, 7) is 9.60. The molecule has 0 N–H and O–H groups in total. The zero-order chi connectivity index (χ0) is 38.5. The van der Waals surface area contributed by atoms with Crippen molar-refractivity contribution in [2.75, 3.05) is 4.90 Å². The molecule has 3 aliphatic carbocycles. The monoisotopic (exact) mass is 751 g/mol. The van der Waals surface area contributed by atoms with Crippen LogP contribution in [0.5, 0.6) is 0 Å². The van der Waals surface area contributed by atoms with E-state index in [-0.39, 0.29) is 10.8 Å². The van der Waals surface area contributed by atoms with Crippen LogP contribution in [0.2, 0.25) is 0 Å². The summed E-state index contributed by atoms with van der Waals surface area (Å²) in [7, 11) is 0. The van der Waals surface area contributed by atoms with E-state index in [0.717, 1.165) is 12.8 Å². The van der Waals surface area contributed by atoms with Gasteiger partial charge in [0.25, 0.3) is 0 Å². The summed E-state index contributed by atoms with van der Waals surface area (Å²) in [5.41, 5.74) is 18.6. The highest BCUT2D eigenvalue weighted by Gasteiger charge is 2.48. The van der Waals surface area contributed by atoms with Crippen LogP contribution in [0.4, 0.5) is 11.4 Å². The van der Waals surface area contributed by atoms with Gasteiger partial charge in [-0.2, -0.15) is 0 Å². The van der Waals surface area contributed by atoms with Crippen LogP contribution in [0, 0.1) is 5.92 Å². The minimum atomic E-state index is -0.236. The van der Waals surface area contributed by atoms with Gasteiger partial charge in [0.05, 0.1) is 0 Å². The second-order valence-electron chi connectivity index (χ2n) is 17.0. The van der Waals surface area contributed by atoms with Crippen LogP contribution in [0.1, 0.15) is 68.4 Å². The predicted molar refractivity (Wildman–Crippen MR) is 244 cm³/mol. The van der Waals surface area contributed by atoms with Crippen LogP contribution in [0.3, 0.4) is 0 Å². The smallest absolute Gasteiger partial charge is 0.0483 e. The van der Waals surface area contributed by atoms with Crippen LogP contribution in [0.15, 0.2) is 181 Å². The summed E-state index contributed by atoms with van der Waals surface area (Å²) in [5, 5.41) is 2.67. The zero-order valence-electron chi connectivity index (χ0n) is 33.0. The van der Waals surface area contributed by atoms with Crippen molar-refractivity contribution in [3.63, 3.8) is 0 Å². The van der Waals surface area contributed by atoms with Gasteiger partial charge in [0.1, 0.15) is 0 Å². The molecule has 3 aliphatic rings. The fraction of sp³-hybridized carbons (Fsp3) is 0.164. The van der Waals surface area contributed by atoms with Gasteiger partial charge in [-0.1, -0.05) is 149 Å². The lowest BCUT2D eigenvalue weighted by Gasteiger charge is -2.40. The Labute approximate surface area is 340 Å². The fourth-order valence-corrected chi connectivity index (χ4v) is 11.8. The van der Waals surface area contributed by atoms with Gasteiger partial charge in [0.2, 0.25) is 0 Å². The summed E-state index contributed by atoms with van der Waals surface area (Å²) in [5.74, 6) is 0.355. The Morgan fingerprint density at radius 2 is 1.18 bits per heavy atom. The van der Waals surface area contributed by atoms with Crippen molar-refractivity contribution in [2.45, 2.75) is 51.4 Å². The van der Waals surface area contributed by atoms with E-state index in [1.54, 1.807) is 0 Å². The molecule has 0 amide bonds. The van der Waals surface area contributed by atoms with E-state index in [2.05, 4.69) is 202 Å². The first-order valence-corrected chi connectivity index (χ1v) is 21.3. The predicted octanol–water partition coefficient (Wildman–Crippen LogP) is 15.3. The molecule has 0 radical (unpaired) electrons. The lowest BCUT2D eigenvalue weighted by molar-refractivity contribution is 0.442. The SMILES string of the molecule is CC(C)C1(c2ccccc2)C2=C(CCC(N(c3ccc(-c4ccc5sc6ccccc6c5c4)cc3)c3ccc4c(c3)C(C)(C)c3ccccc3-4)=C2)c2ccccc21. The van der Waals surface area contributed by atoms with Crippen LogP contribution >= 0.6 is 11.3 Å². The number of thiophene rings is 1. The van der Waals surface area contributed by atoms with Gasteiger partial charge in [-0.25, -0.2) is 0 Å². The average molecular weight is 752 g/mol. The maximum absolute atomic E-state index is 2.59. The Kier molecular flexibility index (Phi) is 7.69. The molecule has 0 saturated carbocycles. The van der Waals surface area contributed by atoms with Crippen molar-refractivity contribution in [3.8, 4) is 22.3 Å². The molecule has 0 aliphatic heterocycles. The second-order valence-corrected chi connectivity index (χ2v) is 18.1. The van der Waals surface area contributed by atoms with Crippen molar-refractivity contribution < 1.29 is 0 Å². The molecule has 1 atom stereocenters. The van der Waals surface area contributed by atoms with Crippen molar-refractivity contribution >= 4 is 48.5 Å². The molecule has 0 bridgehead atoms. The highest BCUT2D eigenvalue weighted by atomic mass is 32.1. The van der Waals surface area contributed by atoms with Crippen molar-refractivity contribution in [3.05, 3.63) is 209 Å². The summed E-state index contributed by atoms with van der Waals surface area (Å²) in [6, 6.07) is 61.8. The normalized spacial score (nSPS) is 17.7. The number of allylic oxidation sites excluding steroid dienone is 4.